The Balaban J connectivity index is 2.74. The van der Waals surface area contributed by atoms with E-state index in [2.05, 4.69) is 0 Å². The largest absolute Gasteiger partial charge is 0.464 e. The van der Waals surface area contributed by atoms with E-state index in [1.807, 2.05) is 30.3 Å². The average molecular weight is 249 g/mol. The molecule has 1 aromatic carbocycles. The molecular weight excluding hydrogens is 230 g/mol. The molecule has 0 heterocycles. The highest BCUT2D eigenvalue weighted by Gasteiger charge is 2.28. The molecule has 0 aromatic heterocycles. The number of nitrogens with zero attached hydrogens (tertiary/aromatic N) is 1. The van der Waals surface area contributed by atoms with Gasteiger partial charge in [-0.1, -0.05) is 30.3 Å². The first kappa shape index (κ1) is 14.4. The van der Waals surface area contributed by atoms with Gasteiger partial charge in [0.1, 0.15) is 0 Å². The van der Waals surface area contributed by atoms with Crippen molar-refractivity contribution in [2.75, 3.05) is 13.7 Å². The van der Waals surface area contributed by atoms with E-state index in [0.29, 0.717) is 6.54 Å². The van der Waals surface area contributed by atoms with Gasteiger partial charge in [0.05, 0.1) is 6.61 Å². The summed E-state index contributed by atoms with van der Waals surface area (Å²) < 4.78 is 4.92. The molecule has 4 nitrogen and oxygen atoms in total. The predicted molar refractivity (Wildman–Crippen MR) is 69.0 cm³/mol. The molecule has 0 amide bonds. The van der Waals surface area contributed by atoms with Crippen LogP contribution in [0.2, 0.25) is 0 Å². The van der Waals surface area contributed by atoms with E-state index in [4.69, 9.17) is 4.74 Å². The summed E-state index contributed by atoms with van der Waals surface area (Å²) >= 11 is 0. The lowest BCUT2D eigenvalue weighted by Crippen LogP contribution is -2.44. The van der Waals surface area contributed by atoms with Gasteiger partial charge < -0.3 is 4.74 Å². The molecule has 0 N–H and O–H groups in total. The number of ketones is 1. The lowest BCUT2D eigenvalue weighted by atomic mass is 10.1. The number of ether oxygens (including phenoxy) is 1. The van der Waals surface area contributed by atoms with E-state index < -0.39 is 12.0 Å². The summed E-state index contributed by atoms with van der Waals surface area (Å²) in [4.78, 5) is 25.0. The van der Waals surface area contributed by atoms with Crippen molar-refractivity contribution >= 4 is 11.8 Å². The van der Waals surface area contributed by atoms with Gasteiger partial charge in [-0.25, -0.2) is 4.79 Å². The third kappa shape index (κ3) is 3.96. The summed E-state index contributed by atoms with van der Waals surface area (Å²) in [5, 5.41) is 0. The zero-order valence-corrected chi connectivity index (χ0v) is 11.1. The summed E-state index contributed by atoms with van der Waals surface area (Å²) in [6.45, 7) is 3.95. The maximum atomic E-state index is 11.7. The van der Waals surface area contributed by atoms with Crippen LogP contribution >= 0.6 is 0 Å². The topological polar surface area (TPSA) is 46.6 Å². The average Bonchev–Trinajstić information content (AvgIpc) is 2.30. The van der Waals surface area contributed by atoms with Crippen molar-refractivity contribution in [3.8, 4) is 0 Å². The molecule has 0 aliphatic rings. The van der Waals surface area contributed by atoms with Gasteiger partial charge in [0.15, 0.2) is 11.8 Å². The first-order valence-corrected chi connectivity index (χ1v) is 5.97. The number of carbonyl (C=O) groups is 2. The van der Waals surface area contributed by atoms with Crippen LogP contribution in [0.25, 0.3) is 0 Å². The molecule has 0 saturated heterocycles. The van der Waals surface area contributed by atoms with Gasteiger partial charge in [-0.2, -0.15) is 0 Å². The number of Topliss-reactive ketones (excluding diaryl/α,β-unsaturated/α-hetero) is 1. The molecular formula is C14H19NO3. The molecule has 0 aliphatic heterocycles. The van der Waals surface area contributed by atoms with Crippen molar-refractivity contribution in [1.29, 1.82) is 0 Å². The zero-order valence-electron chi connectivity index (χ0n) is 11.1. The van der Waals surface area contributed by atoms with Crippen molar-refractivity contribution in [1.82, 2.24) is 4.90 Å². The van der Waals surface area contributed by atoms with Gasteiger partial charge in [-0.15, -0.1) is 0 Å². The predicted octanol–water partition coefficient (Wildman–Crippen LogP) is 1.64. The summed E-state index contributed by atoms with van der Waals surface area (Å²) in [5.41, 5.74) is 1.05. The highest BCUT2D eigenvalue weighted by atomic mass is 16.5. The first-order valence-electron chi connectivity index (χ1n) is 5.97. The summed E-state index contributed by atoms with van der Waals surface area (Å²) in [5.74, 6) is -0.685. The minimum absolute atomic E-state index is 0.202. The number of benzene rings is 1. The van der Waals surface area contributed by atoms with E-state index in [-0.39, 0.29) is 12.4 Å². The van der Waals surface area contributed by atoms with Gasteiger partial charge in [-0.3, -0.25) is 9.69 Å². The Kier molecular flexibility index (Phi) is 5.52. The molecule has 1 aromatic rings. The Morgan fingerprint density at radius 3 is 2.39 bits per heavy atom. The van der Waals surface area contributed by atoms with Crippen LogP contribution < -0.4 is 0 Å². The Morgan fingerprint density at radius 2 is 1.89 bits per heavy atom. The molecule has 1 atom stereocenters. The van der Waals surface area contributed by atoms with E-state index >= 15 is 0 Å². The minimum Gasteiger partial charge on any atom is -0.464 e. The van der Waals surface area contributed by atoms with Crippen molar-refractivity contribution in [2.24, 2.45) is 0 Å². The zero-order chi connectivity index (χ0) is 13.5. The molecule has 0 saturated carbocycles. The standard InChI is InChI=1S/C14H19NO3/c1-4-18-14(17)13(11(2)16)15(3)10-12-8-6-5-7-9-12/h5-9,13H,4,10H2,1-3H3. The number of carbonyl (C=O) groups excluding carboxylic acids is 2. The number of esters is 1. The number of rotatable bonds is 6. The van der Waals surface area contributed by atoms with Crippen LogP contribution in [0.3, 0.4) is 0 Å². The lowest BCUT2D eigenvalue weighted by molar-refractivity contribution is -0.152. The monoisotopic (exact) mass is 249 g/mol. The van der Waals surface area contributed by atoms with Crippen LogP contribution in [0, 0.1) is 0 Å². The summed E-state index contributed by atoms with van der Waals surface area (Å²) in [6.07, 6.45) is 0. The molecule has 0 spiro atoms. The summed E-state index contributed by atoms with van der Waals surface area (Å²) in [7, 11) is 1.75. The summed E-state index contributed by atoms with van der Waals surface area (Å²) in [6, 6.07) is 8.87. The second-order valence-electron chi connectivity index (χ2n) is 4.17. The van der Waals surface area contributed by atoms with Gasteiger partial charge in [-0.05, 0) is 26.5 Å². The van der Waals surface area contributed by atoms with Crippen LogP contribution in [0.4, 0.5) is 0 Å². The highest BCUT2D eigenvalue weighted by Crippen LogP contribution is 2.08. The first-order chi connectivity index (χ1) is 8.56. The third-order valence-electron chi connectivity index (χ3n) is 2.61. The van der Waals surface area contributed by atoms with Crippen LogP contribution in [0.1, 0.15) is 19.4 Å². The van der Waals surface area contributed by atoms with Crippen LogP contribution in [0.5, 0.6) is 0 Å². The van der Waals surface area contributed by atoms with E-state index in [9.17, 15) is 9.59 Å². The molecule has 18 heavy (non-hydrogen) atoms. The van der Waals surface area contributed by atoms with Crippen molar-refractivity contribution in [3.05, 3.63) is 35.9 Å². The smallest absolute Gasteiger partial charge is 0.331 e. The molecule has 4 heteroatoms. The van der Waals surface area contributed by atoms with E-state index in [1.165, 1.54) is 6.92 Å². The number of hydrogen-bond donors (Lipinski definition) is 0. The fourth-order valence-corrected chi connectivity index (χ4v) is 1.84. The Labute approximate surface area is 108 Å². The lowest BCUT2D eigenvalue weighted by Gasteiger charge is -2.24. The van der Waals surface area contributed by atoms with Crippen molar-refractivity contribution in [2.45, 2.75) is 26.4 Å². The van der Waals surface area contributed by atoms with Crippen LogP contribution in [-0.2, 0) is 20.9 Å². The third-order valence-corrected chi connectivity index (χ3v) is 2.61. The second-order valence-corrected chi connectivity index (χ2v) is 4.17. The molecule has 0 radical (unpaired) electrons. The maximum absolute atomic E-state index is 11.7. The molecule has 1 unspecified atom stereocenters. The quantitative estimate of drug-likeness (QED) is 0.568. The molecule has 0 aliphatic carbocycles. The van der Waals surface area contributed by atoms with Gasteiger partial charge in [0.2, 0.25) is 0 Å². The van der Waals surface area contributed by atoms with Crippen molar-refractivity contribution in [3.63, 3.8) is 0 Å². The normalized spacial score (nSPS) is 12.2. The van der Waals surface area contributed by atoms with E-state index in [1.54, 1.807) is 18.9 Å². The van der Waals surface area contributed by atoms with Gasteiger partial charge in [0, 0.05) is 6.54 Å². The maximum Gasteiger partial charge on any atom is 0.331 e. The number of hydrogen-bond acceptors (Lipinski definition) is 4. The van der Waals surface area contributed by atoms with Crippen LogP contribution in [-0.4, -0.2) is 36.3 Å². The highest BCUT2D eigenvalue weighted by molar-refractivity contribution is 6.01. The van der Waals surface area contributed by atoms with Crippen LogP contribution in [0.15, 0.2) is 30.3 Å². The Bertz CT molecular complexity index is 403. The van der Waals surface area contributed by atoms with Gasteiger partial charge in [0.25, 0.3) is 0 Å². The fraction of sp³-hybridized carbons (Fsp3) is 0.429. The Hall–Kier alpha value is -1.68. The fourth-order valence-electron chi connectivity index (χ4n) is 1.84. The minimum atomic E-state index is -0.829. The molecule has 98 valence electrons. The molecule has 0 fully saturated rings. The second kappa shape index (κ2) is 6.91. The number of likely N-dealkylation sites (N-methyl/N-ethyl adjacent to an activating group) is 1. The molecule has 0 bridgehead atoms. The Morgan fingerprint density at radius 1 is 1.28 bits per heavy atom. The molecule has 1 rings (SSSR count). The van der Waals surface area contributed by atoms with Crippen molar-refractivity contribution < 1.29 is 14.3 Å². The van der Waals surface area contributed by atoms with Gasteiger partial charge >= 0.3 is 5.97 Å². The van der Waals surface area contributed by atoms with E-state index in [0.717, 1.165) is 5.56 Å². The SMILES string of the molecule is CCOC(=O)C(C(C)=O)N(C)Cc1ccccc1.